The Labute approximate surface area is 198 Å². The predicted octanol–water partition coefficient (Wildman–Crippen LogP) is 5.44. The van der Waals surface area contributed by atoms with Gasteiger partial charge >= 0.3 is 0 Å². The minimum absolute atomic E-state index is 0.0832. The number of ether oxygens (including phenoxy) is 1. The number of halogens is 2. The average molecular weight is 473 g/mol. The van der Waals surface area contributed by atoms with Crippen LogP contribution in [0.5, 0.6) is 5.75 Å². The molecule has 1 saturated heterocycles. The van der Waals surface area contributed by atoms with Crippen LogP contribution in [0.3, 0.4) is 0 Å². The summed E-state index contributed by atoms with van der Waals surface area (Å²) in [5, 5.41) is 5.38. The van der Waals surface area contributed by atoms with E-state index in [1.165, 1.54) is 11.1 Å². The highest BCUT2D eigenvalue weighted by Crippen LogP contribution is 2.29. The van der Waals surface area contributed by atoms with Crippen molar-refractivity contribution in [2.45, 2.75) is 46.1 Å². The van der Waals surface area contributed by atoms with E-state index in [4.69, 9.17) is 27.9 Å². The zero-order valence-electron chi connectivity index (χ0n) is 18.4. The Kier molecular flexibility index (Phi) is 6.72. The van der Waals surface area contributed by atoms with Crippen LogP contribution < -0.4 is 4.74 Å². The van der Waals surface area contributed by atoms with Gasteiger partial charge in [0.1, 0.15) is 23.4 Å². The van der Waals surface area contributed by atoms with Crippen molar-refractivity contribution in [1.82, 2.24) is 19.7 Å². The van der Waals surface area contributed by atoms with Crippen LogP contribution in [0.4, 0.5) is 0 Å². The van der Waals surface area contributed by atoms with Crippen molar-refractivity contribution in [1.29, 1.82) is 0 Å². The van der Waals surface area contributed by atoms with Gasteiger partial charge in [0.25, 0.3) is 5.91 Å². The summed E-state index contributed by atoms with van der Waals surface area (Å²) in [6, 6.07) is 11.4. The van der Waals surface area contributed by atoms with Gasteiger partial charge in [-0.25, -0.2) is 9.67 Å². The fraction of sp³-hybridized carbons (Fsp3) is 0.375. The Balaban J connectivity index is 1.45. The molecule has 1 aliphatic rings. The van der Waals surface area contributed by atoms with Gasteiger partial charge in [-0.2, -0.15) is 0 Å². The smallest absolute Gasteiger partial charge is 0.293 e. The highest BCUT2D eigenvalue weighted by Gasteiger charge is 2.28. The quantitative estimate of drug-likeness (QED) is 0.496. The lowest BCUT2D eigenvalue weighted by Crippen LogP contribution is -2.42. The van der Waals surface area contributed by atoms with Crippen LogP contribution in [0, 0.1) is 13.8 Å². The van der Waals surface area contributed by atoms with Crippen molar-refractivity contribution in [3.05, 3.63) is 69.2 Å². The Morgan fingerprint density at radius 1 is 1.09 bits per heavy atom. The predicted molar refractivity (Wildman–Crippen MR) is 126 cm³/mol. The minimum atomic E-state index is -0.189. The van der Waals surface area contributed by atoms with Gasteiger partial charge in [-0.05, 0) is 49.2 Å². The number of hydrogen-bond acceptors (Lipinski definition) is 4. The lowest BCUT2D eigenvalue weighted by atomic mass is 10.1. The molecule has 0 saturated carbocycles. The molecule has 0 aliphatic carbocycles. The summed E-state index contributed by atoms with van der Waals surface area (Å²) in [6.45, 7) is 7.31. The van der Waals surface area contributed by atoms with Gasteiger partial charge in [-0.15, -0.1) is 5.10 Å². The molecule has 0 N–H and O–H groups in total. The van der Waals surface area contributed by atoms with E-state index in [2.05, 4.69) is 36.1 Å². The van der Waals surface area contributed by atoms with E-state index in [9.17, 15) is 4.79 Å². The molecule has 1 aromatic heterocycles. The fourth-order valence-electron chi connectivity index (χ4n) is 3.83. The molecule has 0 unspecified atom stereocenters. The number of nitrogens with zero attached hydrogens (tertiary/aromatic N) is 4. The Morgan fingerprint density at radius 2 is 1.78 bits per heavy atom. The van der Waals surface area contributed by atoms with E-state index in [0.29, 0.717) is 41.1 Å². The van der Waals surface area contributed by atoms with Crippen LogP contribution in [0.15, 0.2) is 36.4 Å². The normalized spacial score (nSPS) is 14.6. The lowest BCUT2D eigenvalue weighted by molar-refractivity contribution is 0.0584. The first-order valence-corrected chi connectivity index (χ1v) is 11.6. The topological polar surface area (TPSA) is 60.3 Å². The largest absolute Gasteiger partial charge is 0.490 e. The van der Waals surface area contributed by atoms with Gasteiger partial charge < -0.3 is 9.64 Å². The highest BCUT2D eigenvalue weighted by molar-refractivity contribution is 6.37. The summed E-state index contributed by atoms with van der Waals surface area (Å²) >= 11 is 12.7. The molecule has 3 aromatic rings. The highest BCUT2D eigenvalue weighted by atomic mass is 35.5. The minimum Gasteiger partial charge on any atom is -0.490 e. The second kappa shape index (κ2) is 9.51. The first-order valence-electron chi connectivity index (χ1n) is 10.8. The zero-order chi connectivity index (χ0) is 22.8. The van der Waals surface area contributed by atoms with Gasteiger partial charge in [-0.1, -0.05) is 42.3 Å². The van der Waals surface area contributed by atoms with E-state index in [0.717, 1.165) is 18.6 Å². The number of aryl methyl sites for hydroxylation is 3. The second-order valence-electron chi connectivity index (χ2n) is 8.04. The molecule has 0 atom stereocenters. The second-order valence-corrected chi connectivity index (χ2v) is 8.86. The number of piperidine rings is 1. The number of aromatic nitrogens is 3. The Hall–Kier alpha value is -2.57. The molecule has 1 fully saturated rings. The summed E-state index contributed by atoms with van der Waals surface area (Å²) in [6.07, 6.45) is 2.19. The summed E-state index contributed by atoms with van der Waals surface area (Å²) in [5.74, 6) is 1.48. The van der Waals surface area contributed by atoms with Gasteiger partial charge in [0.2, 0.25) is 5.82 Å². The van der Waals surface area contributed by atoms with Crippen LogP contribution in [-0.4, -0.2) is 44.8 Å². The molecule has 4 rings (SSSR count). The van der Waals surface area contributed by atoms with Gasteiger partial charge in [0, 0.05) is 32.4 Å². The fourth-order valence-corrected chi connectivity index (χ4v) is 4.39. The van der Waals surface area contributed by atoms with Crippen LogP contribution >= 0.6 is 23.2 Å². The van der Waals surface area contributed by atoms with E-state index in [1.807, 2.05) is 13.0 Å². The summed E-state index contributed by atoms with van der Waals surface area (Å²) in [7, 11) is 0. The first-order chi connectivity index (χ1) is 15.4. The third-order valence-corrected chi connectivity index (χ3v) is 6.45. The lowest BCUT2D eigenvalue weighted by Gasteiger charge is -2.31. The summed E-state index contributed by atoms with van der Waals surface area (Å²) in [5.41, 5.74) is 3.00. The monoisotopic (exact) mass is 472 g/mol. The van der Waals surface area contributed by atoms with E-state index in [1.54, 1.807) is 27.8 Å². The van der Waals surface area contributed by atoms with E-state index >= 15 is 0 Å². The molecule has 2 aromatic carbocycles. The number of benzene rings is 2. The maximum Gasteiger partial charge on any atom is 0.293 e. The molecule has 32 heavy (non-hydrogen) atoms. The van der Waals surface area contributed by atoms with Crippen molar-refractivity contribution in [3.8, 4) is 11.4 Å². The third kappa shape index (κ3) is 4.62. The van der Waals surface area contributed by atoms with Crippen molar-refractivity contribution < 1.29 is 9.53 Å². The van der Waals surface area contributed by atoms with Crippen LogP contribution in [0.2, 0.25) is 10.0 Å². The molecule has 6 nitrogen and oxygen atoms in total. The number of carbonyl (C=O) groups is 1. The van der Waals surface area contributed by atoms with Gasteiger partial charge in [-0.3, -0.25) is 4.79 Å². The number of hydrogen-bond donors (Lipinski definition) is 0. The molecular formula is C24H26Cl2N4O2. The van der Waals surface area contributed by atoms with Gasteiger partial charge in [0.05, 0.1) is 10.0 Å². The molecule has 1 amide bonds. The molecule has 1 aliphatic heterocycles. The zero-order valence-corrected chi connectivity index (χ0v) is 20.0. The van der Waals surface area contributed by atoms with Crippen LogP contribution in [-0.2, 0) is 6.42 Å². The molecule has 2 heterocycles. The number of likely N-dealkylation sites (tertiary alicyclic amines) is 1. The number of carbonyl (C=O) groups excluding carboxylic acids is 1. The van der Waals surface area contributed by atoms with Crippen molar-refractivity contribution in [2.75, 3.05) is 13.1 Å². The van der Waals surface area contributed by atoms with E-state index < -0.39 is 0 Å². The molecular weight excluding hydrogens is 447 g/mol. The maximum atomic E-state index is 13.1. The maximum absolute atomic E-state index is 13.1. The van der Waals surface area contributed by atoms with Gasteiger partial charge in [0.15, 0.2) is 0 Å². The molecule has 0 spiro atoms. The standard InChI is InChI=1S/C24H26Cl2N4O2/c1-4-21-27-23(28-30(21)22-19(25)6-5-7-20(22)26)24(31)29-12-10-17(11-13-29)32-18-9-8-15(2)16(3)14-18/h5-9,14,17H,4,10-13H2,1-3H3. The summed E-state index contributed by atoms with van der Waals surface area (Å²) < 4.78 is 7.72. The molecule has 0 radical (unpaired) electrons. The Morgan fingerprint density at radius 3 is 2.41 bits per heavy atom. The van der Waals surface area contributed by atoms with E-state index in [-0.39, 0.29) is 17.8 Å². The number of para-hydroxylation sites is 1. The Bertz CT molecular complexity index is 1120. The third-order valence-electron chi connectivity index (χ3n) is 5.84. The average Bonchev–Trinajstić information content (AvgIpc) is 3.20. The summed E-state index contributed by atoms with van der Waals surface area (Å²) in [4.78, 5) is 19.4. The number of amides is 1. The first kappa shape index (κ1) is 22.6. The van der Waals surface area contributed by atoms with Crippen LogP contribution in [0.25, 0.3) is 5.69 Å². The van der Waals surface area contributed by atoms with Crippen molar-refractivity contribution in [3.63, 3.8) is 0 Å². The van der Waals surface area contributed by atoms with Crippen molar-refractivity contribution in [2.24, 2.45) is 0 Å². The number of rotatable bonds is 5. The molecule has 0 bridgehead atoms. The molecule has 8 heteroatoms. The molecule has 168 valence electrons. The van der Waals surface area contributed by atoms with Crippen LogP contribution in [0.1, 0.15) is 47.3 Å². The SMILES string of the molecule is CCc1nc(C(=O)N2CCC(Oc3ccc(C)c(C)c3)CC2)nn1-c1c(Cl)cccc1Cl. The van der Waals surface area contributed by atoms with Crippen molar-refractivity contribution >= 4 is 29.1 Å².